The van der Waals surface area contributed by atoms with Gasteiger partial charge in [-0.1, -0.05) is 30.0 Å². The molecule has 2 aromatic carbocycles. The number of ether oxygens (including phenoxy) is 2. The standard InChI is InChI=1S/C22H16N2O2/c1-25-21-12-18(13-22(14-21)26-2)9-11-20-16-23-15-19(24-20)10-8-17-6-4-3-5-7-17/h3-7,12-16H,1-2H3. The first-order valence-electron chi connectivity index (χ1n) is 7.91. The SMILES string of the molecule is COc1cc(C#Cc2cncc(C#Cc3ccccc3)n2)cc(OC)c1. The zero-order valence-corrected chi connectivity index (χ0v) is 14.5. The molecule has 3 aromatic rings. The quantitative estimate of drug-likeness (QED) is 0.672. The van der Waals surface area contributed by atoms with Gasteiger partial charge in [0.25, 0.3) is 0 Å². The van der Waals surface area contributed by atoms with Gasteiger partial charge in [0.2, 0.25) is 0 Å². The van der Waals surface area contributed by atoms with Crippen LogP contribution < -0.4 is 9.47 Å². The molecule has 0 unspecified atom stereocenters. The summed E-state index contributed by atoms with van der Waals surface area (Å²) in [7, 11) is 3.21. The lowest BCUT2D eigenvalue weighted by Gasteiger charge is -2.04. The Balaban J connectivity index is 1.84. The van der Waals surface area contributed by atoms with Crippen LogP contribution in [-0.4, -0.2) is 24.2 Å². The van der Waals surface area contributed by atoms with E-state index in [-0.39, 0.29) is 0 Å². The second-order valence-corrected chi connectivity index (χ2v) is 5.26. The highest BCUT2D eigenvalue weighted by Crippen LogP contribution is 2.21. The molecule has 126 valence electrons. The van der Waals surface area contributed by atoms with Crippen molar-refractivity contribution in [3.05, 3.63) is 83.4 Å². The van der Waals surface area contributed by atoms with E-state index < -0.39 is 0 Å². The minimum atomic E-state index is 0.548. The van der Waals surface area contributed by atoms with Gasteiger partial charge in [-0.25, -0.2) is 4.98 Å². The van der Waals surface area contributed by atoms with Gasteiger partial charge in [0.1, 0.15) is 22.9 Å². The molecular formula is C22H16N2O2. The Morgan fingerprint density at radius 1 is 0.692 bits per heavy atom. The molecular weight excluding hydrogens is 324 g/mol. The van der Waals surface area contributed by atoms with Gasteiger partial charge in [-0.05, 0) is 36.1 Å². The first-order chi connectivity index (χ1) is 12.8. The summed E-state index contributed by atoms with van der Waals surface area (Å²) >= 11 is 0. The molecule has 4 heteroatoms. The molecule has 0 radical (unpaired) electrons. The van der Waals surface area contributed by atoms with Crippen molar-refractivity contribution in [3.8, 4) is 35.2 Å². The van der Waals surface area contributed by atoms with Gasteiger partial charge in [-0.2, -0.15) is 0 Å². The Hall–Kier alpha value is -3.76. The second-order valence-electron chi connectivity index (χ2n) is 5.26. The molecule has 26 heavy (non-hydrogen) atoms. The molecule has 0 saturated heterocycles. The summed E-state index contributed by atoms with van der Waals surface area (Å²) in [4.78, 5) is 8.58. The van der Waals surface area contributed by atoms with E-state index in [1.54, 1.807) is 32.7 Å². The average molecular weight is 340 g/mol. The van der Waals surface area contributed by atoms with Crippen LogP contribution in [0, 0.1) is 23.7 Å². The lowest BCUT2D eigenvalue weighted by molar-refractivity contribution is 0.394. The molecule has 0 N–H and O–H groups in total. The topological polar surface area (TPSA) is 44.2 Å². The molecule has 0 fully saturated rings. The third kappa shape index (κ3) is 4.63. The first kappa shape index (κ1) is 17.1. The van der Waals surface area contributed by atoms with Crippen molar-refractivity contribution in [2.45, 2.75) is 0 Å². The normalized spacial score (nSPS) is 9.31. The number of rotatable bonds is 2. The summed E-state index contributed by atoms with van der Waals surface area (Å²) in [5.74, 6) is 13.5. The molecule has 0 aliphatic rings. The zero-order valence-electron chi connectivity index (χ0n) is 14.5. The van der Waals surface area contributed by atoms with Gasteiger partial charge in [-0.15, -0.1) is 0 Å². The van der Waals surface area contributed by atoms with Crippen LogP contribution in [0.3, 0.4) is 0 Å². The molecule has 0 atom stereocenters. The lowest BCUT2D eigenvalue weighted by atomic mass is 10.2. The van der Waals surface area contributed by atoms with Gasteiger partial charge in [0, 0.05) is 17.2 Å². The van der Waals surface area contributed by atoms with Crippen LogP contribution >= 0.6 is 0 Å². The second kappa shape index (κ2) is 8.37. The predicted molar refractivity (Wildman–Crippen MR) is 100.0 cm³/mol. The number of aromatic nitrogens is 2. The summed E-state index contributed by atoms with van der Waals surface area (Å²) in [5, 5.41) is 0. The van der Waals surface area contributed by atoms with Crippen LogP contribution in [0.4, 0.5) is 0 Å². The van der Waals surface area contributed by atoms with Crippen molar-refractivity contribution in [1.29, 1.82) is 0 Å². The predicted octanol–water partition coefficient (Wildman–Crippen LogP) is 3.29. The Kier molecular flexibility index (Phi) is 5.50. The van der Waals surface area contributed by atoms with Crippen molar-refractivity contribution in [1.82, 2.24) is 9.97 Å². The minimum absolute atomic E-state index is 0.548. The van der Waals surface area contributed by atoms with E-state index in [0.717, 1.165) is 11.1 Å². The third-order valence-corrected chi connectivity index (χ3v) is 3.43. The Labute approximate surface area is 152 Å². The Morgan fingerprint density at radius 2 is 1.27 bits per heavy atom. The molecule has 0 aliphatic heterocycles. The molecule has 3 rings (SSSR count). The van der Waals surface area contributed by atoms with Gasteiger partial charge in [0.05, 0.1) is 26.6 Å². The maximum atomic E-state index is 5.25. The lowest BCUT2D eigenvalue weighted by Crippen LogP contribution is -1.91. The first-order valence-corrected chi connectivity index (χ1v) is 7.91. The summed E-state index contributed by atoms with van der Waals surface area (Å²) in [5.41, 5.74) is 2.81. The maximum Gasteiger partial charge on any atom is 0.133 e. The van der Waals surface area contributed by atoms with Crippen LogP contribution in [-0.2, 0) is 0 Å². The van der Waals surface area contributed by atoms with Crippen molar-refractivity contribution in [2.24, 2.45) is 0 Å². The highest BCUT2D eigenvalue weighted by Gasteiger charge is 2.00. The molecule has 0 aliphatic carbocycles. The fraction of sp³-hybridized carbons (Fsp3) is 0.0909. The Morgan fingerprint density at radius 3 is 1.85 bits per heavy atom. The van der Waals surface area contributed by atoms with Crippen LogP contribution in [0.2, 0.25) is 0 Å². The fourth-order valence-corrected chi connectivity index (χ4v) is 2.16. The van der Waals surface area contributed by atoms with E-state index in [9.17, 15) is 0 Å². The van der Waals surface area contributed by atoms with E-state index in [1.807, 2.05) is 42.5 Å². The molecule has 0 saturated carbocycles. The van der Waals surface area contributed by atoms with Crippen LogP contribution in [0.5, 0.6) is 11.5 Å². The molecule has 0 spiro atoms. The van der Waals surface area contributed by atoms with Crippen molar-refractivity contribution < 1.29 is 9.47 Å². The van der Waals surface area contributed by atoms with E-state index in [1.165, 1.54) is 0 Å². The smallest absolute Gasteiger partial charge is 0.133 e. The monoisotopic (exact) mass is 340 g/mol. The fourth-order valence-electron chi connectivity index (χ4n) is 2.16. The van der Waals surface area contributed by atoms with Gasteiger partial charge >= 0.3 is 0 Å². The number of hydrogen-bond donors (Lipinski definition) is 0. The molecule has 1 heterocycles. The van der Waals surface area contributed by atoms with Crippen molar-refractivity contribution in [3.63, 3.8) is 0 Å². The summed E-state index contributed by atoms with van der Waals surface area (Å²) in [6, 6.07) is 15.2. The largest absolute Gasteiger partial charge is 0.497 e. The van der Waals surface area contributed by atoms with Crippen molar-refractivity contribution >= 4 is 0 Å². The summed E-state index contributed by atoms with van der Waals surface area (Å²) in [6.07, 6.45) is 3.23. The number of hydrogen-bond acceptors (Lipinski definition) is 4. The zero-order chi connectivity index (χ0) is 18.2. The summed E-state index contributed by atoms with van der Waals surface area (Å²) in [6.45, 7) is 0. The van der Waals surface area contributed by atoms with Crippen LogP contribution in [0.1, 0.15) is 22.5 Å². The molecule has 0 bridgehead atoms. The van der Waals surface area contributed by atoms with Crippen LogP contribution in [0.15, 0.2) is 60.9 Å². The highest BCUT2D eigenvalue weighted by molar-refractivity contribution is 5.48. The van der Waals surface area contributed by atoms with Gasteiger partial charge < -0.3 is 9.47 Å². The van der Waals surface area contributed by atoms with E-state index in [0.29, 0.717) is 22.9 Å². The van der Waals surface area contributed by atoms with Gasteiger partial charge in [0.15, 0.2) is 0 Å². The van der Waals surface area contributed by atoms with E-state index >= 15 is 0 Å². The Bertz CT molecular complexity index is 1000. The van der Waals surface area contributed by atoms with E-state index in [4.69, 9.17) is 9.47 Å². The average Bonchev–Trinajstić information content (AvgIpc) is 2.71. The van der Waals surface area contributed by atoms with E-state index in [2.05, 4.69) is 33.6 Å². The van der Waals surface area contributed by atoms with Crippen molar-refractivity contribution in [2.75, 3.05) is 14.2 Å². The minimum Gasteiger partial charge on any atom is -0.497 e. The molecule has 1 aromatic heterocycles. The molecule has 4 nitrogen and oxygen atoms in total. The number of nitrogens with zero attached hydrogens (tertiary/aromatic N) is 2. The van der Waals surface area contributed by atoms with Gasteiger partial charge in [-0.3, -0.25) is 4.98 Å². The highest BCUT2D eigenvalue weighted by atomic mass is 16.5. The number of benzene rings is 2. The number of methoxy groups -OCH3 is 2. The maximum absolute atomic E-state index is 5.25. The third-order valence-electron chi connectivity index (χ3n) is 3.43. The van der Waals surface area contributed by atoms with Crippen LogP contribution in [0.25, 0.3) is 0 Å². The summed E-state index contributed by atoms with van der Waals surface area (Å²) < 4.78 is 10.5. The molecule has 0 amide bonds.